The molecule has 0 aliphatic rings. The van der Waals surface area contributed by atoms with E-state index in [9.17, 15) is 4.79 Å². The molecule has 0 aliphatic heterocycles. The number of imidazole rings is 1. The van der Waals surface area contributed by atoms with Crippen LogP contribution in [0.15, 0.2) is 18.5 Å². The van der Waals surface area contributed by atoms with Gasteiger partial charge in [-0.05, 0) is 12.1 Å². The molecule has 0 saturated carbocycles. The van der Waals surface area contributed by atoms with Crippen LogP contribution in [0.25, 0.3) is 11.0 Å². The van der Waals surface area contributed by atoms with Crippen LogP contribution in [-0.4, -0.2) is 30.6 Å². The number of carbonyl (C=O) groups excluding carboxylic acids is 1. The van der Waals surface area contributed by atoms with E-state index in [0.717, 1.165) is 5.52 Å². The van der Waals surface area contributed by atoms with Crippen LogP contribution >= 0.6 is 7.82 Å². The summed E-state index contributed by atoms with van der Waals surface area (Å²) in [5, 5.41) is 0. The minimum Gasteiger partial charge on any atom is -0.398 e. The maximum Gasteiger partial charge on any atom is 0.466 e. The average Bonchev–Trinajstić information content (AvgIpc) is 2.61. The number of H-pyrrole nitrogens is 1. The molecule has 0 atom stereocenters. The van der Waals surface area contributed by atoms with Gasteiger partial charge in [0.1, 0.15) is 5.52 Å². The number of rotatable bonds is 1. The third-order valence-electron chi connectivity index (χ3n) is 1.87. The van der Waals surface area contributed by atoms with Crippen LogP contribution in [0, 0.1) is 0 Å². The minimum atomic E-state index is -4.64. The van der Waals surface area contributed by atoms with E-state index in [1.54, 1.807) is 12.1 Å². The molecule has 18 heavy (non-hydrogen) atoms. The van der Waals surface area contributed by atoms with Crippen molar-refractivity contribution < 1.29 is 24.0 Å². The van der Waals surface area contributed by atoms with Crippen LogP contribution in [0.4, 0.5) is 5.69 Å². The summed E-state index contributed by atoms with van der Waals surface area (Å²) < 4.78 is 8.88. The average molecular weight is 274 g/mol. The lowest BCUT2D eigenvalue weighted by Crippen LogP contribution is -2.14. The molecule has 0 unspecified atom stereocenters. The second-order valence-electron chi connectivity index (χ2n) is 3.21. The maximum absolute atomic E-state index is 11.0. The van der Waals surface area contributed by atoms with E-state index in [0.29, 0.717) is 11.2 Å². The van der Waals surface area contributed by atoms with Crippen LogP contribution in [-0.2, 0) is 4.57 Å². The molecule has 1 aromatic carbocycles. The van der Waals surface area contributed by atoms with Gasteiger partial charge in [-0.25, -0.2) is 9.55 Å². The number of nitrogens with one attached hydrogen (secondary N) is 1. The van der Waals surface area contributed by atoms with Crippen molar-refractivity contribution in [3.8, 4) is 0 Å². The largest absolute Gasteiger partial charge is 0.466 e. The predicted octanol–water partition coefficient (Wildman–Crippen LogP) is -0.685. The van der Waals surface area contributed by atoms with Crippen molar-refractivity contribution in [2.45, 2.75) is 0 Å². The fourth-order valence-corrected chi connectivity index (χ4v) is 1.28. The molecule has 8 N–H and O–H groups in total. The Morgan fingerprint density at radius 1 is 1.33 bits per heavy atom. The van der Waals surface area contributed by atoms with Crippen LogP contribution in [0.1, 0.15) is 10.4 Å². The SMILES string of the molecule is NC(=O)c1c(N)ccc2[nH]cnc12.O=P(O)(O)O. The lowest BCUT2D eigenvalue weighted by molar-refractivity contribution is 0.100. The summed E-state index contributed by atoms with van der Waals surface area (Å²) in [6.07, 6.45) is 1.50. The van der Waals surface area contributed by atoms with Crippen molar-refractivity contribution in [2.75, 3.05) is 5.73 Å². The van der Waals surface area contributed by atoms with E-state index in [-0.39, 0.29) is 5.56 Å². The summed E-state index contributed by atoms with van der Waals surface area (Å²) in [5.74, 6) is -0.560. The molecule has 0 saturated heterocycles. The number of phosphoric acid groups is 1. The molecular weight excluding hydrogens is 263 g/mol. The molecule has 1 heterocycles. The van der Waals surface area contributed by atoms with Crippen LogP contribution in [0.3, 0.4) is 0 Å². The van der Waals surface area contributed by atoms with Crippen molar-refractivity contribution in [2.24, 2.45) is 5.73 Å². The monoisotopic (exact) mass is 274 g/mol. The van der Waals surface area contributed by atoms with Crippen molar-refractivity contribution in [3.63, 3.8) is 0 Å². The third-order valence-corrected chi connectivity index (χ3v) is 1.87. The number of hydrogen-bond acceptors (Lipinski definition) is 4. The van der Waals surface area contributed by atoms with Crippen molar-refractivity contribution in [3.05, 3.63) is 24.0 Å². The fraction of sp³-hybridized carbons (Fsp3) is 0. The number of anilines is 1. The Balaban J connectivity index is 0.000000280. The molecule has 10 heteroatoms. The summed E-state index contributed by atoms with van der Waals surface area (Å²) in [6, 6.07) is 3.38. The topological polar surface area (TPSA) is 176 Å². The normalized spacial score (nSPS) is 10.8. The second kappa shape index (κ2) is 5.15. The zero-order valence-electron chi connectivity index (χ0n) is 8.94. The number of amides is 1. The van der Waals surface area contributed by atoms with Crippen LogP contribution in [0.2, 0.25) is 0 Å². The van der Waals surface area contributed by atoms with Gasteiger partial charge in [-0.15, -0.1) is 0 Å². The number of benzene rings is 1. The van der Waals surface area contributed by atoms with Gasteiger partial charge in [-0.1, -0.05) is 0 Å². The molecule has 0 fully saturated rings. The highest BCUT2D eigenvalue weighted by Gasteiger charge is 2.12. The molecule has 0 bridgehead atoms. The third kappa shape index (κ3) is 3.82. The second-order valence-corrected chi connectivity index (χ2v) is 4.23. The number of nitrogens with zero attached hydrogens (tertiary/aromatic N) is 1. The van der Waals surface area contributed by atoms with E-state index < -0.39 is 13.7 Å². The Labute approximate surface area is 101 Å². The first kappa shape index (κ1) is 14.1. The lowest BCUT2D eigenvalue weighted by atomic mass is 10.1. The van der Waals surface area contributed by atoms with Gasteiger partial charge in [0.2, 0.25) is 0 Å². The van der Waals surface area contributed by atoms with Gasteiger partial charge in [0.25, 0.3) is 5.91 Å². The van der Waals surface area contributed by atoms with Crippen molar-refractivity contribution in [1.82, 2.24) is 9.97 Å². The van der Waals surface area contributed by atoms with E-state index in [1.807, 2.05) is 0 Å². The molecule has 2 rings (SSSR count). The molecule has 1 amide bonds. The number of fused-ring (bicyclic) bond motifs is 1. The highest BCUT2D eigenvalue weighted by molar-refractivity contribution is 7.45. The number of primary amides is 1. The zero-order valence-corrected chi connectivity index (χ0v) is 9.83. The maximum atomic E-state index is 11.0. The number of carbonyl (C=O) groups is 1. The Hall–Kier alpha value is -1.93. The summed E-state index contributed by atoms with van der Waals surface area (Å²) in [5.41, 5.74) is 12.7. The summed E-state index contributed by atoms with van der Waals surface area (Å²) in [7, 11) is -4.64. The van der Waals surface area contributed by atoms with Crippen LogP contribution < -0.4 is 11.5 Å². The fourth-order valence-electron chi connectivity index (χ4n) is 1.28. The molecule has 0 radical (unpaired) electrons. The zero-order chi connectivity index (χ0) is 13.9. The lowest BCUT2D eigenvalue weighted by Gasteiger charge is -2.00. The van der Waals surface area contributed by atoms with Crippen LogP contribution in [0.5, 0.6) is 0 Å². The predicted molar refractivity (Wildman–Crippen MR) is 63.3 cm³/mol. The molecule has 2 aromatic rings. The molecule has 1 aromatic heterocycles. The quantitative estimate of drug-likeness (QED) is 0.294. The first-order valence-electron chi connectivity index (χ1n) is 4.50. The van der Waals surface area contributed by atoms with Gasteiger partial charge in [0.15, 0.2) is 0 Å². The standard InChI is InChI=1S/C8H8N4O.H3O4P/c9-4-1-2-5-7(12-3-11-5)6(4)8(10)13;1-5(2,3)4/h1-3H,9H2,(H2,10,13)(H,11,12);(H3,1,2,3,4). The summed E-state index contributed by atoms with van der Waals surface area (Å²) in [4.78, 5) is 39.4. The Morgan fingerprint density at radius 3 is 2.39 bits per heavy atom. The number of aromatic nitrogens is 2. The highest BCUT2D eigenvalue weighted by Crippen LogP contribution is 2.25. The van der Waals surface area contributed by atoms with E-state index in [2.05, 4.69) is 9.97 Å². The number of nitrogen functional groups attached to an aromatic ring is 1. The first-order chi connectivity index (χ1) is 8.20. The minimum absolute atomic E-state index is 0.277. The summed E-state index contributed by atoms with van der Waals surface area (Å²) in [6.45, 7) is 0. The Morgan fingerprint density at radius 2 is 1.89 bits per heavy atom. The number of aromatic amines is 1. The Kier molecular flexibility index (Phi) is 4.04. The van der Waals surface area contributed by atoms with Gasteiger partial charge >= 0.3 is 7.82 Å². The molecule has 0 aliphatic carbocycles. The number of hydrogen-bond donors (Lipinski definition) is 6. The van der Waals surface area contributed by atoms with Gasteiger partial charge in [-0.2, -0.15) is 0 Å². The van der Waals surface area contributed by atoms with E-state index >= 15 is 0 Å². The molecule has 98 valence electrons. The van der Waals surface area contributed by atoms with Crippen molar-refractivity contribution >= 4 is 30.5 Å². The molecule has 0 spiro atoms. The molecular formula is C8H11N4O5P. The van der Waals surface area contributed by atoms with Crippen molar-refractivity contribution in [1.29, 1.82) is 0 Å². The number of nitrogens with two attached hydrogens (primary N) is 2. The van der Waals surface area contributed by atoms with Gasteiger partial charge in [0.05, 0.1) is 17.4 Å². The summed E-state index contributed by atoms with van der Waals surface area (Å²) >= 11 is 0. The van der Waals surface area contributed by atoms with E-state index in [1.165, 1.54) is 6.33 Å². The van der Waals surface area contributed by atoms with Gasteiger partial charge < -0.3 is 31.1 Å². The first-order valence-corrected chi connectivity index (χ1v) is 6.06. The van der Waals surface area contributed by atoms with E-state index in [4.69, 9.17) is 30.7 Å². The van der Waals surface area contributed by atoms with Gasteiger partial charge in [-0.3, -0.25) is 4.79 Å². The Bertz CT molecular complexity index is 611. The molecule has 9 nitrogen and oxygen atoms in total. The van der Waals surface area contributed by atoms with Gasteiger partial charge in [0, 0.05) is 5.69 Å². The smallest absolute Gasteiger partial charge is 0.398 e. The highest BCUT2D eigenvalue weighted by atomic mass is 31.2.